The average Bonchev–Trinajstić information content (AvgIpc) is 2.26. The van der Waals surface area contributed by atoms with Crippen molar-refractivity contribution < 1.29 is 4.79 Å². The Bertz CT molecular complexity index is 223. The molecule has 0 radical (unpaired) electrons. The van der Waals surface area contributed by atoms with Gasteiger partial charge in [-0.2, -0.15) is 11.8 Å². The molecule has 1 rings (SSSR count). The Hall–Kier alpha value is -0.220. The molecule has 2 N–H and O–H groups in total. The second-order valence-corrected chi connectivity index (χ2v) is 5.73. The maximum atomic E-state index is 12.0. The maximum Gasteiger partial charge on any atom is 0.237 e. The molecule has 94 valence electrons. The monoisotopic (exact) mass is 244 g/mol. The van der Waals surface area contributed by atoms with Crippen LogP contribution >= 0.6 is 11.8 Å². The summed E-state index contributed by atoms with van der Waals surface area (Å²) in [6.45, 7) is 5.21. The largest absolute Gasteiger partial charge is 0.352 e. The lowest BCUT2D eigenvalue weighted by Gasteiger charge is -2.30. The Labute approximate surface area is 103 Å². The normalized spacial score (nSPS) is 27.4. The first-order chi connectivity index (χ1) is 7.65. The first kappa shape index (κ1) is 13.8. The van der Waals surface area contributed by atoms with Gasteiger partial charge in [0.05, 0.1) is 6.04 Å². The Morgan fingerprint density at radius 3 is 3.00 bits per heavy atom. The van der Waals surface area contributed by atoms with Crippen LogP contribution in [-0.2, 0) is 4.79 Å². The lowest BCUT2D eigenvalue weighted by Crippen LogP contribution is -2.52. The molecule has 3 atom stereocenters. The highest BCUT2D eigenvalue weighted by Crippen LogP contribution is 2.15. The number of rotatable bonds is 5. The lowest BCUT2D eigenvalue weighted by atomic mass is 9.92. The van der Waals surface area contributed by atoms with Crippen LogP contribution in [0.2, 0.25) is 0 Å². The van der Waals surface area contributed by atoms with E-state index in [-0.39, 0.29) is 18.0 Å². The highest BCUT2D eigenvalue weighted by Gasteiger charge is 2.27. The third kappa shape index (κ3) is 4.34. The summed E-state index contributed by atoms with van der Waals surface area (Å²) in [5, 5.41) is 6.41. The third-order valence-corrected chi connectivity index (χ3v) is 3.84. The molecule has 0 aliphatic carbocycles. The van der Waals surface area contributed by atoms with Crippen molar-refractivity contribution in [3.05, 3.63) is 0 Å². The van der Waals surface area contributed by atoms with Crippen LogP contribution < -0.4 is 10.6 Å². The van der Waals surface area contributed by atoms with Gasteiger partial charge in [-0.3, -0.25) is 4.79 Å². The molecule has 1 aliphatic heterocycles. The molecule has 3 nitrogen and oxygen atoms in total. The summed E-state index contributed by atoms with van der Waals surface area (Å²) in [5.74, 6) is 1.75. The number of carbonyl (C=O) groups is 1. The van der Waals surface area contributed by atoms with Crippen LogP contribution in [-0.4, -0.2) is 36.5 Å². The molecular weight excluding hydrogens is 220 g/mol. The molecule has 0 spiro atoms. The van der Waals surface area contributed by atoms with Gasteiger partial charge in [-0.05, 0) is 50.7 Å². The van der Waals surface area contributed by atoms with Gasteiger partial charge < -0.3 is 10.6 Å². The van der Waals surface area contributed by atoms with Crippen molar-refractivity contribution in [3.63, 3.8) is 0 Å². The topological polar surface area (TPSA) is 41.1 Å². The van der Waals surface area contributed by atoms with E-state index < -0.39 is 0 Å². The summed E-state index contributed by atoms with van der Waals surface area (Å²) in [5.41, 5.74) is 0. The zero-order chi connectivity index (χ0) is 12.0. The minimum absolute atomic E-state index is 0.0190. The predicted octanol–water partition coefficient (Wildman–Crippen LogP) is 1.63. The van der Waals surface area contributed by atoms with E-state index in [0.29, 0.717) is 5.92 Å². The average molecular weight is 244 g/mol. The van der Waals surface area contributed by atoms with Crippen LogP contribution in [0.1, 0.15) is 33.1 Å². The predicted molar refractivity (Wildman–Crippen MR) is 70.8 cm³/mol. The molecular formula is C12H24N2OS. The third-order valence-electron chi connectivity index (χ3n) is 3.20. The number of piperidine rings is 1. The van der Waals surface area contributed by atoms with Gasteiger partial charge in [-0.25, -0.2) is 0 Å². The smallest absolute Gasteiger partial charge is 0.237 e. The molecule has 4 heteroatoms. The van der Waals surface area contributed by atoms with Crippen LogP contribution in [0, 0.1) is 5.92 Å². The number of hydrogen-bond donors (Lipinski definition) is 2. The molecule has 0 aromatic carbocycles. The Balaban J connectivity index is 2.32. The molecule has 0 saturated carbocycles. The van der Waals surface area contributed by atoms with Gasteiger partial charge in [0.25, 0.3) is 0 Å². The number of thioether (sulfide) groups is 1. The van der Waals surface area contributed by atoms with Crippen LogP contribution in [0.4, 0.5) is 0 Å². The number of carbonyl (C=O) groups excluding carboxylic acids is 1. The molecule has 1 heterocycles. The van der Waals surface area contributed by atoms with E-state index in [4.69, 9.17) is 0 Å². The van der Waals surface area contributed by atoms with Crippen molar-refractivity contribution in [2.24, 2.45) is 5.92 Å². The summed E-state index contributed by atoms with van der Waals surface area (Å²) in [7, 11) is 0. The van der Waals surface area contributed by atoms with Crippen LogP contribution in [0.15, 0.2) is 0 Å². The van der Waals surface area contributed by atoms with Crippen molar-refractivity contribution in [1.29, 1.82) is 0 Å². The molecule has 0 bridgehead atoms. The van der Waals surface area contributed by atoms with Crippen molar-refractivity contribution >= 4 is 17.7 Å². The first-order valence-corrected chi connectivity index (χ1v) is 7.57. The summed E-state index contributed by atoms with van der Waals surface area (Å²) in [4.78, 5) is 12.0. The minimum Gasteiger partial charge on any atom is -0.352 e. The summed E-state index contributed by atoms with van der Waals surface area (Å²) in [6.07, 6.45) is 5.49. The Morgan fingerprint density at radius 1 is 1.62 bits per heavy atom. The molecule has 1 saturated heterocycles. The first-order valence-electron chi connectivity index (χ1n) is 6.18. The standard InChI is InChI=1S/C12H24N2OS/c1-9-5-4-7-13-11(9)12(15)14-10(2)6-8-16-3/h9-11,13H,4-8H2,1-3H3,(H,14,15). The molecule has 1 aliphatic rings. The quantitative estimate of drug-likeness (QED) is 0.772. The van der Waals surface area contributed by atoms with E-state index in [1.165, 1.54) is 6.42 Å². The Kier molecular flexibility index (Phi) is 6.21. The van der Waals surface area contributed by atoms with Gasteiger partial charge in [-0.1, -0.05) is 6.92 Å². The van der Waals surface area contributed by atoms with Crippen molar-refractivity contribution in [1.82, 2.24) is 10.6 Å². The van der Waals surface area contributed by atoms with Crippen LogP contribution in [0.5, 0.6) is 0 Å². The lowest BCUT2D eigenvalue weighted by molar-refractivity contribution is -0.125. The van der Waals surface area contributed by atoms with Crippen molar-refractivity contribution in [2.75, 3.05) is 18.6 Å². The van der Waals surface area contributed by atoms with Gasteiger partial charge in [0.15, 0.2) is 0 Å². The summed E-state index contributed by atoms with van der Waals surface area (Å²) >= 11 is 1.83. The molecule has 0 aromatic heterocycles. The van der Waals surface area contributed by atoms with Gasteiger partial charge in [-0.15, -0.1) is 0 Å². The Morgan fingerprint density at radius 2 is 2.38 bits per heavy atom. The minimum atomic E-state index is 0.0190. The highest BCUT2D eigenvalue weighted by atomic mass is 32.2. The summed E-state index contributed by atoms with van der Waals surface area (Å²) < 4.78 is 0. The van der Waals surface area contributed by atoms with E-state index >= 15 is 0 Å². The molecule has 1 fully saturated rings. The van der Waals surface area contributed by atoms with E-state index in [2.05, 4.69) is 30.7 Å². The fraction of sp³-hybridized carbons (Fsp3) is 0.917. The number of nitrogens with one attached hydrogen (secondary N) is 2. The summed E-state index contributed by atoms with van der Waals surface area (Å²) in [6, 6.07) is 0.307. The van der Waals surface area contributed by atoms with Crippen LogP contribution in [0.3, 0.4) is 0 Å². The van der Waals surface area contributed by atoms with E-state index in [9.17, 15) is 4.79 Å². The zero-order valence-corrected chi connectivity index (χ0v) is 11.4. The van der Waals surface area contributed by atoms with Crippen molar-refractivity contribution in [3.8, 4) is 0 Å². The van der Waals surface area contributed by atoms with Crippen LogP contribution in [0.25, 0.3) is 0 Å². The zero-order valence-electron chi connectivity index (χ0n) is 10.6. The van der Waals surface area contributed by atoms with Gasteiger partial charge in [0, 0.05) is 6.04 Å². The second kappa shape index (κ2) is 7.17. The fourth-order valence-corrected chi connectivity index (χ4v) is 2.69. The van der Waals surface area contributed by atoms with E-state index in [0.717, 1.165) is 25.1 Å². The SMILES string of the molecule is CSCCC(C)NC(=O)C1NCCCC1C. The van der Waals surface area contributed by atoms with Crippen molar-refractivity contribution in [2.45, 2.75) is 45.2 Å². The van der Waals surface area contributed by atoms with Gasteiger partial charge in [0.2, 0.25) is 5.91 Å². The van der Waals surface area contributed by atoms with Gasteiger partial charge >= 0.3 is 0 Å². The molecule has 0 aromatic rings. The molecule has 3 unspecified atom stereocenters. The van der Waals surface area contributed by atoms with Gasteiger partial charge in [0.1, 0.15) is 0 Å². The van der Waals surface area contributed by atoms with E-state index in [1.54, 1.807) is 0 Å². The maximum absolute atomic E-state index is 12.0. The van der Waals surface area contributed by atoms with E-state index in [1.807, 2.05) is 11.8 Å². The highest BCUT2D eigenvalue weighted by molar-refractivity contribution is 7.98. The molecule has 16 heavy (non-hydrogen) atoms. The number of hydrogen-bond acceptors (Lipinski definition) is 3. The second-order valence-electron chi connectivity index (χ2n) is 4.74. The molecule has 1 amide bonds. The fourth-order valence-electron chi connectivity index (χ4n) is 2.10. The number of amides is 1.